The minimum atomic E-state index is -1.61. The number of allylic oxidation sites excluding steroid dienone is 3. The van der Waals surface area contributed by atoms with E-state index in [0.717, 1.165) is 70.6 Å². The largest absolute Gasteiger partial charge is 0.462 e. The number of hydrogen-bond donors (Lipinski definition) is 21. The molecule has 41 nitrogen and oxygen atoms in total. The van der Waals surface area contributed by atoms with Crippen LogP contribution in [0.1, 0.15) is 291 Å². The first-order valence-corrected chi connectivity index (χ1v) is 53.8. The van der Waals surface area contributed by atoms with E-state index in [0.29, 0.717) is 100 Å². The molecule has 41 heteroatoms. The Morgan fingerprint density at radius 1 is 0.403 bits per heavy atom. The predicted molar refractivity (Wildman–Crippen MR) is 528 cm³/mol. The second-order valence-electron chi connectivity index (χ2n) is 40.9. The highest BCUT2D eigenvalue weighted by Crippen LogP contribution is 2.67. The van der Waals surface area contributed by atoms with E-state index in [2.05, 4.69) is 93.8 Å². The monoisotopic (exact) mass is 2050 g/mol. The van der Waals surface area contributed by atoms with Gasteiger partial charge in [0.25, 0.3) is 0 Å². The van der Waals surface area contributed by atoms with Crippen molar-refractivity contribution in [1.82, 2.24) is 47.9 Å². The van der Waals surface area contributed by atoms with E-state index in [1.807, 2.05) is 0 Å². The summed E-state index contributed by atoms with van der Waals surface area (Å²) < 4.78 is 57.1. The lowest BCUT2D eigenvalue weighted by Crippen LogP contribution is -2.60. The first-order chi connectivity index (χ1) is 69.3. The molecule has 4 aliphatic carbocycles. The van der Waals surface area contributed by atoms with Gasteiger partial charge in [-0.3, -0.25) is 47.9 Å². The van der Waals surface area contributed by atoms with E-state index in [-0.39, 0.29) is 203 Å². The molecule has 23 atom stereocenters. The van der Waals surface area contributed by atoms with Crippen molar-refractivity contribution < 1.29 is 157 Å². The zero-order chi connectivity index (χ0) is 105. The molecule has 0 bridgehead atoms. The maximum atomic E-state index is 14.2. The van der Waals surface area contributed by atoms with Gasteiger partial charge in [-0.2, -0.15) is 0 Å². The quantitative estimate of drug-likeness (QED) is 0.0236. The molecule has 6 fully saturated rings. The van der Waals surface area contributed by atoms with Crippen molar-refractivity contribution in [3.8, 4) is 0 Å². The minimum absolute atomic E-state index is 0.0339. The second-order valence-corrected chi connectivity index (χ2v) is 40.9. The lowest BCUT2D eigenvalue weighted by molar-refractivity contribution is -0.301. The topological polar surface area (TPSA) is 614 Å². The number of amides is 9. The summed E-state index contributed by atoms with van der Waals surface area (Å²) in [5.74, 6) is -0.822. The van der Waals surface area contributed by atoms with Crippen LogP contribution in [0.2, 0.25) is 0 Å². The molecule has 0 aromatic heterocycles. The fourth-order valence-electron chi connectivity index (χ4n) is 21.1. The third kappa shape index (κ3) is 43.7. The summed E-state index contributed by atoms with van der Waals surface area (Å²) in [5, 5.41) is 145. The van der Waals surface area contributed by atoms with Crippen molar-refractivity contribution in [3.63, 3.8) is 0 Å². The fourth-order valence-corrected chi connectivity index (χ4v) is 21.1. The van der Waals surface area contributed by atoms with Gasteiger partial charge in [-0.05, 0) is 188 Å². The molecular formula is C103H179N9O32. The van der Waals surface area contributed by atoms with Crippen molar-refractivity contribution in [1.29, 1.82) is 0 Å². The number of aliphatic hydroxyl groups excluding tert-OH is 12. The van der Waals surface area contributed by atoms with Crippen LogP contribution < -0.4 is 47.9 Å². The Kier molecular flexibility index (Phi) is 59.5. The van der Waals surface area contributed by atoms with Crippen LogP contribution in [0.4, 0.5) is 0 Å². The number of carbonyl (C=O) groups is 10. The molecule has 0 unspecified atom stereocenters. The van der Waals surface area contributed by atoms with Gasteiger partial charge in [0.15, 0.2) is 18.9 Å². The molecule has 9 amide bonds. The molecule has 7 aliphatic rings. The number of nitrogens with one attached hydrogen (secondary N) is 9. The molecule has 0 aromatic carbocycles. The summed E-state index contributed by atoms with van der Waals surface area (Å²) in [4.78, 5) is 132. The zero-order valence-electron chi connectivity index (χ0n) is 86.0. The maximum absolute atomic E-state index is 14.2. The molecular weight excluding hydrogens is 1880 g/mol. The van der Waals surface area contributed by atoms with Crippen LogP contribution in [0.15, 0.2) is 23.8 Å². The Balaban J connectivity index is 0.864. The Morgan fingerprint density at radius 3 is 1.22 bits per heavy atom. The van der Waals surface area contributed by atoms with Gasteiger partial charge >= 0.3 is 5.97 Å². The highest BCUT2D eigenvalue weighted by atomic mass is 16.7. The second kappa shape index (κ2) is 68.9. The Hall–Kier alpha value is -6.66. The van der Waals surface area contributed by atoms with Gasteiger partial charge in [-0.1, -0.05) is 103 Å². The van der Waals surface area contributed by atoms with Crippen molar-refractivity contribution in [2.45, 2.75) is 395 Å². The summed E-state index contributed by atoms with van der Waals surface area (Å²) >= 11 is 0. The van der Waals surface area contributed by atoms with E-state index < -0.39 is 154 Å². The summed E-state index contributed by atoms with van der Waals surface area (Å²) in [6, 6.07) is 0. The number of aliphatic hydroxyl groups is 12. The summed E-state index contributed by atoms with van der Waals surface area (Å²) in [7, 11) is 0. The number of unbranched alkanes of at least 4 members (excludes halogenated alkanes) is 14. The fraction of sp³-hybridized carbons (Fsp3) is 0.864. The van der Waals surface area contributed by atoms with Crippen LogP contribution >= 0.6 is 0 Å². The Labute approximate surface area is 850 Å². The van der Waals surface area contributed by atoms with Gasteiger partial charge in [-0.15, -0.1) is 0 Å². The first-order valence-electron chi connectivity index (χ1n) is 53.8. The summed E-state index contributed by atoms with van der Waals surface area (Å²) in [5.41, 5.74) is 0.147. The van der Waals surface area contributed by atoms with Crippen molar-refractivity contribution in [2.75, 3.05) is 132 Å². The SMILES string of the molecule is CCCCCCCC/C=C\CCCCCCCC(=O)O[C@H]1CC[C@@]2(C)C(=CC[C@H]3[C@@H]4CC[C@H]([C@H](C)CCC(=O)NCCCC(=O)NCC(=O)NC(COCCC(=O)NCCCNC(=O)CCCCO[C@@H]5O[C@H](CO)[C@H](O)[C@H](O)[C@H]5O)(COCCC(=O)NCCCNC(=O)CCCCO[C@@H]5O[C@H](CO)[C@H](O)[C@H](O)[C@H]5O)COCCC(=O)NCCCNC(=O)CCCCO[C@@H]5O[C@H](CO)[C@H](O)[C@H](O)[C@H]5O)[C@@]4(C)CC[C@@H]32)C1. The van der Waals surface area contributed by atoms with E-state index in [9.17, 15) is 109 Å². The van der Waals surface area contributed by atoms with Crippen LogP contribution in [0.5, 0.6) is 0 Å². The highest BCUT2D eigenvalue weighted by Gasteiger charge is 2.60. The van der Waals surface area contributed by atoms with Crippen LogP contribution in [-0.4, -0.2) is 356 Å². The van der Waals surface area contributed by atoms with Gasteiger partial charge in [-0.25, -0.2) is 0 Å². The molecule has 3 heterocycles. The highest BCUT2D eigenvalue weighted by molar-refractivity contribution is 5.85. The van der Waals surface area contributed by atoms with E-state index in [1.54, 1.807) is 0 Å². The standard InChI is InChI=1S/C103H179N9O32/c1-5-6-7-8-9-10-11-12-13-14-15-16-17-18-19-34-88(125)141-71-41-46-101(3)70(61-71)36-37-72-74-39-38-73(102(74,4)47-42-75(72)101)69(2)35-40-83(120)104-48-26-33-82(119)111-62-87(124)112-103(66-135-58-43-84(121)108-52-27-49-105-79(116)30-20-23-55-138-98-95(132)92(129)89(126)76(63-113)142-98,67-136-59-44-85(122)109-53-28-50-106-80(117)31-21-24-56-139-99-96(133)93(130)90(127)77(64-114)143-99)68-137-60-45-86(123)110-54-29-51-107-81(118)32-22-25-57-140-100-97(134)94(131)91(128)78(65-115)144-100/h12-13,36,69,71-78,89-100,113-115,126-134H,5-11,14-35,37-68H2,1-4H3,(H,104,120)(H,105,116)(H,106,117)(H,107,118)(H,108,121)(H,109,122)(H,110,123)(H,111,119)(H,112,124)/b13-12-/t69-,71+,72+,73-,74+,75+,76-,77-,78-,89+,90+,91+,92+,93+,94+,95-,96-,97-,98-,99-,100-,101+,102-/m1/s1. The van der Waals surface area contributed by atoms with Crippen LogP contribution in [-0.2, 0) is 95.3 Å². The number of hydrogen-bond acceptors (Lipinski definition) is 32. The molecule has 0 radical (unpaired) electrons. The molecule has 828 valence electrons. The van der Waals surface area contributed by atoms with Gasteiger partial charge < -0.3 is 156 Å². The van der Waals surface area contributed by atoms with Gasteiger partial charge in [0.1, 0.15) is 84.9 Å². The molecule has 3 saturated carbocycles. The van der Waals surface area contributed by atoms with Crippen molar-refractivity contribution in [3.05, 3.63) is 23.8 Å². The van der Waals surface area contributed by atoms with Crippen LogP contribution in [0.3, 0.4) is 0 Å². The molecule has 7 rings (SSSR count). The third-order valence-corrected chi connectivity index (χ3v) is 29.7. The van der Waals surface area contributed by atoms with E-state index in [1.165, 1.54) is 76.2 Å². The van der Waals surface area contributed by atoms with Crippen LogP contribution in [0.25, 0.3) is 0 Å². The number of esters is 1. The third-order valence-electron chi connectivity index (χ3n) is 29.7. The normalized spacial score (nSPS) is 28.0. The van der Waals surface area contributed by atoms with Crippen molar-refractivity contribution >= 4 is 59.1 Å². The Bertz CT molecular complexity index is 3570. The number of rotatable bonds is 75. The predicted octanol–water partition coefficient (Wildman–Crippen LogP) is 2.85. The number of ether oxygens (including phenoxy) is 10. The van der Waals surface area contributed by atoms with E-state index >= 15 is 0 Å². The van der Waals surface area contributed by atoms with Gasteiger partial charge in [0.2, 0.25) is 53.2 Å². The first kappa shape index (κ1) is 124. The molecule has 0 aromatic rings. The van der Waals surface area contributed by atoms with E-state index in [4.69, 9.17) is 47.4 Å². The maximum Gasteiger partial charge on any atom is 0.306 e. The average molecular weight is 2060 g/mol. The lowest BCUT2D eigenvalue weighted by Gasteiger charge is -2.58. The van der Waals surface area contributed by atoms with Crippen molar-refractivity contribution in [2.24, 2.45) is 40.4 Å². The number of fused-ring (bicyclic) bond motifs is 5. The van der Waals surface area contributed by atoms with Gasteiger partial charge in [0, 0.05) is 130 Å². The molecule has 3 saturated heterocycles. The Morgan fingerprint density at radius 2 is 0.785 bits per heavy atom. The zero-order valence-corrected chi connectivity index (χ0v) is 86.0. The molecule has 21 N–H and O–H groups in total. The van der Waals surface area contributed by atoms with Gasteiger partial charge in [0.05, 0.1) is 66.0 Å². The smallest absolute Gasteiger partial charge is 0.306 e. The lowest BCUT2D eigenvalue weighted by atomic mass is 9.47. The molecule has 144 heavy (non-hydrogen) atoms. The average Bonchev–Trinajstić information content (AvgIpc) is 1.48. The minimum Gasteiger partial charge on any atom is -0.462 e. The number of carbonyl (C=O) groups excluding carboxylic acids is 10. The summed E-state index contributed by atoms with van der Waals surface area (Å²) in [6.45, 7) is 7.03. The summed E-state index contributed by atoms with van der Waals surface area (Å²) in [6.07, 6.45) is 15.2. The van der Waals surface area contributed by atoms with Crippen LogP contribution in [0, 0.1) is 40.4 Å². The molecule has 0 spiro atoms. The molecule has 3 aliphatic heterocycles.